The van der Waals surface area contributed by atoms with Crippen molar-refractivity contribution in [1.82, 2.24) is 4.90 Å². The number of rotatable bonds is 3. The number of hydrogen-bond acceptors (Lipinski definition) is 4. The van der Waals surface area contributed by atoms with Gasteiger partial charge in [0.05, 0.1) is 13.2 Å². The first kappa shape index (κ1) is 21.2. The molecule has 1 fully saturated rings. The highest BCUT2D eigenvalue weighted by molar-refractivity contribution is 5.89. The molecule has 160 valence electrons. The van der Waals surface area contributed by atoms with Crippen LogP contribution in [0.4, 0.5) is 0 Å². The van der Waals surface area contributed by atoms with Crippen LogP contribution in [0.2, 0.25) is 0 Å². The molecule has 2 aromatic carbocycles. The molecule has 0 aliphatic carbocycles. The molecule has 4 nitrogen and oxygen atoms in total. The van der Waals surface area contributed by atoms with Crippen LogP contribution in [0.3, 0.4) is 0 Å². The average molecular weight is 416 g/mol. The Bertz CT molecular complexity index is 1130. The number of ether oxygens (including phenoxy) is 2. The fourth-order valence-electron chi connectivity index (χ4n) is 4.78. The zero-order valence-electron chi connectivity index (χ0n) is 18.7. The third kappa shape index (κ3) is 4.11. The van der Waals surface area contributed by atoms with Crippen LogP contribution in [0.1, 0.15) is 38.7 Å². The number of benzene rings is 2. The molecule has 0 bridgehead atoms. The summed E-state index contributed by atoms with van der Waals surface area (Å²) < 4.78 is 11.2. The van der Waals surface area contributed by atoms with Crippen molar-refractivity contribution >= 4 is 16.7 Å². The fourth-order valence-corrected chi connectivity index (χ4v) is 4.78. The summed E-state index contributed by atoms with van der Waals surface area (Å²) in [6.45, 7) is 5.01. The Morgan fingerprint density at radius 2 is 2.00 bits per heavy atom. The van der Waals surface area contributed by atoms with Crippen LogP contribution in [0.15, 0.2) is 59.7 Å². The maximum atomic E-state index is 12.3. The van der Waals surface area contributed by atoms with E-state index in [9.17, 15) is 4.79 Å². The minimum atomic E-state index is -0.678. The molecule has 2 heterocycles. The Balaban J connectivity index is 1.65. The van der Waals surface area contributed by atoms with E-state index in [0.717, 1.165) is 52.6 Å². The number of carbonyl (C=O) groups is 1. The van der Waals surface area contributed by atoms with Crippen LogP contribution >= 0.6 is 0 Å². The van der Waals surface area contributed by atoms with E-state index < -0.39 is 5.60 Å². The lowest BCUT2D eigenvalue weighted by Crippen LogP contribution is -2.53. The van der Waals surface area contributed by atoms with Gasteiger partial charge in [0.1, 0.15) is 5.75 Å². The number of nitrogens with zero attached hydrogens (tertiary/aromatic N) is 1. The van der Waals surface area contributed by atoms with E-state index in [1.807, 2.05) is 44.2 Å². The number of hydrogen-bond donors (Lipinski definition) is 0. The van der Waals surface area contributed by atoms with E-state index in [1.165, 1.54) is 6.42 Å². The van der Waals surface area contributed by atoms with Crippen LogP contribution in [0.5, 0.6) is 5.75 Å². The lowest BCUT2D eigenvalue weighted by molar-refractivity contribution is -0.150. The number of carbonyl (C=O) groups excluding carboxylic acids is 1. The summed E-state index contributed by atoms with van der Waals surface area (Å²) in [5, 5.41) is 2.23. The van der Waals surface area contributed by atoms with Crippen molar-refractivity contribution in [2.24, 2.45) is 0 Å². The topological polar surface area (TPSA) is 38.8 Å². The summed E-state index contributed by atoms with van der Waals surface area (Å²) in [6, 6.07) is 12.3. The number of esters is 1. The maximum Gasteiger partial charge on any atom is 0.332 e. The summed E-state index contributed by atoms with van der Waals surface area (Å²) in [7, 11) is 3.79. The number of allylic oxidation sites excluding steroid dienone is 1. The summed E-state index contributed by atoms with van der Waals surface area (Å²) in [5.41, 5.74) is 1.99. The van der Waals surface area contributed by atoms with Crippen LogP contribution in [0, 0.1) is 11.8 Å². The quantitative estimate of drug-likeness (QED) is 0.529. The Labute approximate surface area is 184 Å². The van der Waals surface area contributed by atoms with Crippen molar-refractivity contribution < 1.29 is 14.3 Å². The molecule has 0 N–H and O–H groups in total. The predicted octanol–water partition coefficient (Wildman–Crippen LogP) is 4.87. The minimum Gasteiger partial charge on any atom is -0.497 e. The van der Waals surface area contributed by atoms with E-state index in [4.69, 9.17) is 9.47 Å². The van der Waals surface area contributed by atoms with Gasteiger partial charge in [-0.05, 0) is 75.3 Å². The van der Waals surface area contributed by atoms with Crippen molar-refractivity contribution in [2.45, 2.75) is 44.8 Å². The van der Waals surface area contributed by atoms with Gasteiger partial charge in [-0.25, -0.2) is 4.79 Å². The second-order valence-electron chi connectivity index (χ2n) is 8.46. The van der Waals surface area contributed by atoms with E-state index in [2.05, 4.69) is 35.9 Å². The van der Waals surface area contributed by atoms with Crippen LogP contribution in [0.25, 0.3) is 10.8 Å². The van der Waals surface area contributed by atoms with Gasteiger partial charge in [0, 0.05) is 22.8 Å². The molecule has 4 heteroatoms. The zero-order valence-corrected chi connectivity index (χ0v) is 18.7. The number of methoxy groups -OCH3 is 1. The molecule has 1 saturated heterocycles. The second kappa shape index (κ2) is 8.61. The van der Waals surface area contributed by atoms with E-state index in [1.54, 1.807) is 13.2 Å². The van der Waals surface area contributed by atoms with Crippen molar-refractivity contribution in [3.8, 4) is 17.6 Å². The van der Waals surface area contributed by atoms with E-state index in [-0.39, 0.29) is 12.0 Å². The van der Waals surface area contributed by atoms with Crippen molar-refractivity contribution in [3.63, 3.8) is 0 Å². The summed E-state index contributed by atoms with van der Waals surface area (Å²) in [4.78, 5) is 14.6. The Morgan fingerprint density at radius 3 is 2.74 bits per heavy atom. The van der Waals surface area contributed by atoms with E-state index in [0.29, 0.717) is 0 Å². The number of piperidine rings is 1. The maximum absolute atomic E-state index is 12.3. The van der Waals surface area contributed by atoms with Crippen LogP contribution in [-0.2, 0) is 9.53 Å². The number of likely N-dealkylation sites (N-methyl/N-ethyl adjacent to an activating group) is 1. The number of likely N-dealkylation sites (tertiary alicyclic amines) is 1. The molecule has 31 heavy (non-hydrogen) atoms. The van der Waals surface area contributed by atoms with Gasteiger partial charge >= 0.3 is 5.97 Å². The Hall–Kier alpha value is -3.03. The number of fused-ring (bicyclic) bond motifs is 1. The normalized spacial score (nSPS) is 24.4. The third-order valence-corrected chi connectivity index (χ3v) is 6.48. The minimum absolute atomic E-state index is 0.159. The van der Waals surface area contributed by atoms with Gasteiger partial charge in [-0.1, -0.05) is 36.5 Å². The summed E-state index contributed by atoms with van der Waals surface area (Å²) in [6.07, 6.45) is 6.94. The molecular formula is C27H29NO3. The standard InChI is InChI=1S/C27H29NO3/c1-5-20(11-9-19-10-12-22-17-23(30-4)14-13-21(22)16-19)24-18-26(29)31-27(24,2)25-8-6-7-15-28(25)3/h5,10,12-14,16-18,25H,6-8,15H2,1-4H3/b20-5-/t25?,27-/m0/s1. The fraction of sp³-hybridized carbons (Fsp3) is 0.370. The first-order chi connectivity index (χ1) is 14.9. The monoisotopic (exact) mass is 415 g/mol. The summed E-state index contributed by atoms with van der Waals surface area (Å²) in [5.74, 6) is 7.16. The van der Waals surface area contributed by atoms with Crippen LogP contribution < -0.4 is 4.74 Å². The lowest BCUT2D eigenvalue weighted by Gasteiger charge is -2.43. The van der Waals surface area contributed by atoms with Gasteiger partial charge in [0.25, 0.3) is 0 Å². The molecule has 0 radical (unpaired) electrons. The Morgan fingerprint density at radius 1 is 1.23 bits per heavy atom. The third-order valence-electron chi connectivity index (χ3n) is 6.48. The van der Waals surface area contributed by atoms with Crippen molar-refractivity contribution in [2.75, 3.05) is 20.7 Å². The van der Waals surface area contributed by atoms with Gasteiger partial charge < -0.3 is 9.47 Å². The van der Waals surface area contributed by atoms with Gasteiger partial charge in [-0.15, -0.1) is 0 Å². The molecule has 0 aromatic heterocycles. The van der Waals surface area contributed by atoms with Gasteiger partial charge in [-0.3, -0.25) is 4.90 Å². The van der Waals surface area contributed by atoms with E-state index >= 15 is 0 Å². The zero-order chi connectivity index (χ0) is 22.0. The van der Waals surface area contributed by atoms with Crippen molar-refractivity contribution in [3.05, 3.63) is 65.3 Å². The molecular weight excluding hydrogens is 386 g/mol. The second-order valence-corrected chi connectivity index (χ2v) is 8.46. The summed E-state index contributed by atoms with van der Waals surface area (Å²) >= 11 is 0. The Kier molecular flexibility index (Phi) is 5.89. The highest BCUT2D eigenvalue weighted by Gasteiger charge is 2.48. The molecule has 4 rings (SSSR count). The average Bonchev–Trinajstić information content (AvgIpc) is 3.08. The molecule has 2 aliphatic heterocycles. The molecule has 2 atom stereocenters. The van der Waals surface area contributed by atoms with Crippen molar-refractivity contribution in [1.29, 1.82) is 0 Å². The highest BCUT2D eigenvalue weighted by atomic mass is 16.6. The molecule has 0 amide bonds. The smallest absolute Gasteiger partial charge is 0.332 e. The predicted molar refractivity (Wildman–Crippen MR) is 124 cm³/mol. The first-order valence-electron chi connectivity index (χ1n) is 10.9. The lowest BCUT2D eigenvalue weighted by atomic mass is 9.80. The van der Waals surface area contributed by atoms with Gasteiger partial charge in [0.15, 0.2) is 5.60 Å². The van der Waals surface area contributed by atoms with Gasteiger partial charge in [-0.2, -0.15) is 0 Å². The number of cyclic esters (lactones) is 1. The largest absolute Gasteiger partial charge is 0.497 e. The molecule has 0 saturated carbocycles. The van der Waals surface area contributed by atoms with Crippen LogP contribution in [-0.4, -0.2) is 43.2 Å². The molecule has 1 unspecified atom stereocenters. The molecule has 2 aliphatic rings. The first-order valence-corrected chi connectivity index (χ1v) is 10.9. The molecule has 2 aromatic rings. The van der Waals surface area contributed by atoms with Gasteiger partial charge in [0.2, 0.25) is 0 Å². The molecule has 0 spiro atoms. The highest BCUT2D eigenvalue weighted by Crippen LogP contribution is 2.40. The SMILES string of the molecule is C/C=C(/C#Cc1ccc2cc(OC)ccc2c1)C1=CC(=O)O[C@]1(C)C1CCCCN1C.